The second-order valence-electron chi connectivity index (χ2n) is 7.12. The van der Waals surface area contributed by atoms with Crippen LogP contribution in [0.4, 0.5) is 0 Å². The van der Waals surface area contributed by atoms with Crippen LogP contribution >= 0.6 is 0 Å². The minimum atomic E-state index is -0.0750. The summed E-state index contributed by atoms with van der Waals surface area (Å²) in [5.41, 5.74) is 2.58. The highest BCUT2D eigenvalue weighted by Gasteiger charge is 2.27. The molecule has 1 N–H and O–H groups in total. The van der Waals surface area contributed by atoms with Crippen molar-refractivity contribution in [2.45, 2.75) is 52.1 Å². The van der Waals surface area contributed by atoms with E-state index in [1.54, 1.807) is 0 Å². The van der Waals surface area contributed by atoms with Crippen molar-refractivity contribution in [3.8, 4) is 0 Å². The average molecular weight is 341 g/mol. The zero-order valence-corrected chi connectivity index (χ0v) is 15.3. The fourth-order valence-corrected chi connectivity index (χ4v) is 3.51. The third-order valence-electron chi connectivity index (χ3n) is 4.87. The molecule has 1 aliphatic heterocycles. The summed E-state index contributed by atoms with van der Waals surface area (Å²) in [4.78, 5) is 15.1. The fraction of sp³-hybridized carbons (Fsp3) is 0.500. The van der Waals surface area contributed by atoms with Crippen LogP contribution in [0, 0.1) is 6.92 Å². The molecule has 0 radical (unpaired) electrons. The number of aromatic nitrogens is 1. The Morgan fingerprint density at radius 2 is 2.12 bits per heavy atom. The van der Waals surface area contributed by atoms with Crippen LogP contribution in [0.5, 0.6) is 0 Å². The lowest BCUT2D eigenvalue weighted by Crippen LogP contribution is -2.40. The highest BCUT2D eigenvalue weighted by Crippen LogP contribution is 2.23. The van der Waals surface area contributed by atoms with E-state index in [0.717, 1.165) is 19.5 Å². The number of benzene rings is 1. The summed E-state index contributed by atoms with van der Waals surface area (Å²) < 4.78 is 5.33. The van der Waals surface area contributed by atoms with Gasteiger partial charge in [0.05, 0.1) is 5.69 Å². The Kier molecular flexibility index (Phi) is 5.53. The zero-order chi connectivity index (χ0) is 17.8. The number of nitrogens with zero attached hydrogens (tertiary/aromatic N) is 2. The normalized spacial score (nSPS) is 18.0. The third-order valence-corrected chi connectivity index (χ3v) is 4.87. The van der Waals surface area contributed by atoms with Gasteiger partial charge in [0.25, 0.3) is 5.91 Å². The summed E-state index contributed by atoms with van der Waals surface area (Å²) in [6, 6.07) is 10.9. The van der Waals surface area contributed by atoms with E-state index in [2.05, 4.69) is 39.6 Å². The van der Waals surface area contributed by atoms with Gasteiger partial charge in [0.15, 0.2) is 5.76 Å². The third kappa shape index (κ3) is 4.10. The Bertz CT molecular complexity index is 709. The van der Waals surface area contributed by atoms with Crippen LogP contribution in [0.25, 0.3) is 0 Å². The Morgan fingerprint density at radius 1 is 1.36 bits per heavy atom. The van der Waals surface area contributed by atoms with E-state index in [4.69, 9.17) is 4.52 Å². The number of amides is 1. The summed E-state index contributed by atoms with van der Waals surface area (Å²) in [5, 5.41) is 7.06. The van der Waals surface area contributed by atoms with Gasteiger partial charge in [-0.2, -0.15) is 0 Å². The highest BCUT2D eigenvalue weighted by atomic mass is 16.5. The predicted molar refractivity (Wildman–Crippen MR) is 97.5 cm³/mol. The number of aryl methyl sites for hydroxylation is 1. The molecule has 1 atom stereocenters. The van der Waals surface area contributed by atoms with Gasteiger partial charge in [0, 0.05) is 25.0 Å². The number of nitrogens with one attached hydrogen (secondary N) is 1. The van der Waals surface area contributed by atoms with Crippen molar-refractivity contribution >= 4 is 5.91 Å². The van der Waals surface area contributed by atoms with Crippen molar-refractivity contribution in [3.63, 3.8) is 0 Å². The topological polar surface area (TPSA) is 58.4 Å². The summed E-state index contributed by atoms with van der Waals surface area (Å²) in [6.45, 7) is 8.52. The van der Waals surface area contributed by atoms with Crippen molar-refractivity contribution < 1.29 is 9.32 Å². The molecular weight excluding hydrogens is 314 g/mol. The van der Waals surface area contributed by atoms with Gasteiger partial charge in [0.2, 0.25) is 0 Å². The first-order chi connectivity index (χ1) is 12.1. The fourth-order valence-electron chi connectivity index (χ4n) is 3.51. The number of rotatable bonds is 6. The van der Waals surface area contributed by atoms with Crippen molar-refractivity contribution in [3.05, 3.63) is 52.9 Å². The molecule has 134 valence electrons. The minimum absolute atomic E-state index is 0.0750. The van der Waals surface area contributed by atoms with Crippen molar-refractivity contribution in [1.82, 2.24) is 15.4 Å². The summed E-state index contributed by atoms with van der Waals surface area (Å²) in [6.07, 6.45) is 2.30. The number of carbonyl (C=O) groups excluding carboxylic acids is 1. The molecule has 2 aromatic rings. The largest absolute Gasteiger partial charge is 0.360 e. The van der Waals surface area contributed by atoms with E-state index >= 15 is 0 Å². The van der Waals surface area contributed by atoms with Crippen molar-refractivity contribution in [2.24, 2.45) is 0 Å². The lowest BCUT2D eigenvalue weighted by atomic mass is 10.0. The second kappa shape index (κ2) is 7.83. The lowest BCUT2D eigenvalue weighted by Gasteiger charge is -2.24. The molecule has 25 heavy (non-hydrogen) atoms. The molecule has 0 spiro atoms. The van der Waals surface area contributed by atoms with E-state index in [1.807, 2.05) is 26.8 Å². The van der Waals surface area contributed by atoms with Crippen LogP contribution in [-0.4, -0.2) is 35.1 Å². The van der Waals surface area contributed by atoms with Crippen molar-refractivity contribution in [1.29, 1.82) is 0 Å². The smallest absolute Gasteiger partial charge is 0.256 e. The summed E-state index contributed by atoms with van der Waals surface area (Å²) >= 11 is 0. The maximum absolute atomic E-state index is 12.6. The molecule has 0 unspecified atom stereocenters. The second-order valence-corrected chi connectivity index (χ2v) is 7.12. The van der Waals surface area contributed by atoms with Crippen molar-refractivity contribution in [2.75, 3.05) is 13.1 Å². The number of carbonyl (C=O) groups is 1. The van der Waals surface area contributed by atoms with Gasteiger partial charge in [-0.05, 0) is 31.9 Å². The van der Waals surface area contributed by atoms with E-state index in [0.29, 0.717) is 29.6 Å². The van der Waals surface area contributed by atoms with Gasteiger partial charge < -0.3 is 9.84 Å². The van der Waals surface area contributed by atoms with E-state index < -0.39 is 0 Å². The van der Waals surface area contributed by atoms with Gasteiger partial charge in [-0.3, -0.25) is 9.69 Å². The lowest BCUT2D eigenvalue weighted by molar-refractivity contribution is 0.0936. The SMILES string of the molecule is Cc1noc(C(C)C)c1C(=O)NC[C@H]1CCCN1Cc1ccccc1. The molecule has 1 amide bonds. The molecule has 1 aliphatic rings. The molecule has 5 nitrogen and oxygen atoms in total. The molecule has 0 bridgehead atoms. The first kappa shape index (κ1) is 17.7. The molecule has 1 fully saturated rings. The van der Waals surface area contributed by atoms with E-state index in [9.17, 15) is 4.79 Å². The average Bonchev–Trinajstić information content (AvgIpc) is 3.20. The van der Waals surface area contributed by atoms with Crippen LogP contribution in [0.3, 0.4) is 0 Å². The molecule has 0 saturated carbocycles. The number of hydrogen-bond donors (Lipinski definition) is 1. The Morgan fingerprint density at radius 3 is 2.84 bits per heavy atom. The Hall–Kier alpha value is -2.14. The molecule has 1 aromatic carbocycles. The van der Waals surface area contributed by atoms with Crippen LogP contribution in [0.1, 0.15) is 60.0 Å². The van der Waals surface area contributed by atoms with E-state index in [1.165, 1.54) is 12.0 Å². The van der Waals surface area contributed by atoms with E-state index in [-0.39, 0.29) is 11.8 Å². The number of hydrogen-bond acceptors (Lipinski definition) is 4. The monoisotopic (exact) mass is 341 g/mol. The number of likely N-dealkylation sites (tertiary alicyclic amines) is 1. The molecule has 3 rings (SSSR count). The summed E-state index contributed by atoms with van der Waals surface area (Å²) in [5.74, 6) is 0.736. The van der Waals surface area contributed by atoms with Gasteiger partial charge in [-0.25, -0.2) is 0 Å². The van der Waals surface area contributed by atoms with Gasteiger partial charge in [-0.15, -0.1) is 0 Å². The minimum Gasteiger partial charge on any atom is -0.360 e. The first-order valence-electron chi connectivity index (χ1n) is 9.08. The molecule has 1 saturated heterocycles. The quantitative estimate of drug-likeness (QED) is 0.874. The van der Waals surface area contributed by atoms with Gasteiger partial charge in [0.1, 0.15) is 5.56 Å². The molecule has 0 aliphatic carbocycles. The standard InChI is InChI=1S/C20H27N3O2/c1-14(2)19-18(15(3)22-25-19)20(24)21-12-17-10-7-11-23(17)13-16-8-5-4-6-9-16/h4-6,8-9,14,17H,7,10-13H2,1-3H3,(H,21,24)/t17-/m1/s1. The Balaban J connectivity index is 1.61. The van der Waals surface area contributed by atoms with Crippen LogP contribution in [0.2, 0.25) is 0 Å². The van der Waals surface area contributed by atoms with Gasteiger partial charge in [-0.1, -0.05) is 49.3 Å². The molecule has 5 heteroatoms. The van der Waals surface area contributed by atoms with Crippen LogP contribution in [-0.2, 0) is 6.54 Å². The predicted octanol–water partition coefficient (Wildman–Crippen LogP) is 3.50. The maximum atomic E-state index is 12.6. The zero-order valence-electron chi connectivity index (χ0n) is 15.3. The van der Waals surface area contributed by atoms with Crippen LogP contribution < -0.4 is 5.32 Å². The Labute approximate surface area is 149 Å². The molecule has 1 aromatic heterocycles. The maximum Gasteiger partial charge on any atom is 0.256 e. The molecule has 2 heterocycles. The highest BCUT2D eigenvalue weighted by molar-refractivity contribution is 5.96. The van der Waals surface area contributed by atoms with Gasteiger partial charge >= 0.3 is 0 Å². The molecular formula is C20H27N3O2. The van der Waals surface area contributed by atoms with Crippen LogP contribution in [0.15, 0.2) is 34.9 Å². The first-order valence-corrected chi connectivity index (χ1v) is 9.08. The summed E-state index contributed by atoms with van der Waals surface area (Å²) in [7, 11) is 0.